The van der Waals surface area contributed by atoms with Crippen LogP contribution in [0.15, 0.2) is 50.4 Å². The molecule has 2 aromatic rings. The van der Waals surface area contributed by atoms with Gasteiger partial charge in [0.25, 0.3) is 10.0 Å². The molecule has 2 rings (SSSR count). The Morgan fingerprint density at radius 3 is 2.50 bits per heavy atom. The third-order valence-corrected chi connectivity index (χ3v) is 4.82. The zero-order chi connectivity index (χ0) is 13.0. The summed E-state index contributed by atoms with van der Waals surface area (Å²) >= 11 is 1.15. The van der Waals surface area contributed by atoms with Crippen molar-refractivity contribution in [3.05, 3.63) is 47.3 Å². The summed E-state index contributed by atoms with van der Waals surface area (Å²) in [6, 6.07) is 10.2. The molecule has 0 aliphatic rings. The minimum Gasteiger partial charge on any atom is -0.497 e. The van der Waals surface area contributed by atoms with Crippen molar-refractivity contribution in [1.29, 1.82) is 0 Å². The molecule has 0 saturated heterocycles. The lowest BCUT2D eigenvalue weighted by Gasteiger charge is -1.98. The fraction of sp³-hybridized carbons (Fsp3) is 0.0833. The molecule has 4 nitrogen and oxygen atoms in total. The lowest BCUT2D eigenvalue weighted by molar-refractivity contribution is 0.415. The van der Waals surface area contributed by atoms with Crippen LogP contribution >= 0.6 is 11.3 Å². The van der Waals surface area contributed by atoms with E-state index in [0.717, 1.165) is 11.3 Å². The number of thiophene rings is 1. The molecule has 6 heteroatoms. The molecule has 0 spiro atoms. The monoisotopic (exact) mass is 281 g/mol. The number of sulfonamides is 1. The topological polar surface area (TPSA) is 55.7 Å². The minimum atomic E-state index is -3.57. The average molecular weight is 281 g/mol. The van der Waals surface area contributed by atoms with E-state index in [2.05, 4.69) is 4.40 Å². The van der Waals surface area contributed by atoms with Crippen molar-refractivity contribution in [2.24, 2.45) is 4.40 Å². The Hall–Kier alpha value is -1.66. The van der Waals surface area contributed by atoms with Gasteiger partial charge >= 0.3 is 0 Å². The first-order chi connectivity index (χ1) is 8.62. The molecule has 18 heavy (non-hydrogen) atoms. The Labute approximate surface area is 110 Å². The molecule has 1 aromatic carbocycles. The van der Waals surface area contributed by atoms with Crippen LogP contribution in [0.25, 0.3) is 0 Å². The van der Waals surface area contributed by atoms with Gasteiger partial charge in [-0.2, -0.15) is 12.8 Å². The molecule has 0 aliphatic heterocycles. The van der Waals surface area contributed by atoms with E-state index in [-0.39, 0.29) is 4.21 Å². The van der Waals surface area contributed by atoms with Crippen molar-refractivity contribution >= 4 is 27.6 Å². The summed E-state index contributed by atoms with van der Waals surface area (Å²) in [5.41, 5.74) is 0.705. The van der Waals surface area contributed by atoms with Crippen LogP contribution in [0.5, 0.6) is 5.75 Å². The maximum absolute atomic E-state index is 11.8. The maximum atomic E-state index is 11.8. The normalized spacial score (nSPS) is 11.8. The maximum Gasteiger partial charge on any atom is 0.291 e. The van der Waals surface area contributed by atoms with Gasteiger partial charge in [-0.15, -0.1) is 11.3 Å². The van der Waals surface area contributed by atoms with Gasteiger partial charge in [0.1, 0.15) is 9.96 Å². The smallest absolute Gasteiger partial charge is 0.291 e. The Bertz CT molecular complexity index is 628. The van der Waals surface area contributed by atoms with Gasteiger partial charge in [-0.25, -0.2) is 0 Å². The third-order valence-electron chi connectivity index (χ3n) is 2.21. The molecule has 1 heterocycles. The van der Waals surface area contributed by atoms with Gasteiger partial charge in [0.15, 0.2) is 0 Å². The zero-order valence-electron chi connectivity index (χ0n) is 9.61. The second-order valence-electron chi connectivity index (χ2n) is 3.41. The molecular formula is C12H11NO3S2. The first-order valence-electron chi connectivity index (χ1n) is 5.10. The highest BCUT2D eigenvalue weighted by Crippen LogP contribution is 2.18. The number of benzene rings is 1. The molecule has 0 saturated carbocycles. The fourth-order valence-electron chi connectivity index (χ4n) is 1.28. The summed E-state index contributed by atoms with van der Waals surface area (Å²) in [6.45, 7) is 0. The molecule has 1 aromatic heterocycles. The molecule has 0 aliphatic carbocycles. The van der Waals surface area contributed by atoms with E-state index in [1.165, 1.54) is 12.3 Å². The predicted molar refractivity (Wildman–Crippen MR) is 72.1 cm³/mol. The van der Waals surface area contributed by atoms with Gasteiger partial charge in [-0.3, -0.25) is 0 Å². The van der Waals surface area contributed by atoms with Crippen LogP contribution in [0.3, 0.4) is 0 Å². The van der Waals surface area contributed by atoms with Gasteiger partial charge in [-0.05, 0) is 41.3 Å². The van der Waals surface area contributed by atoms with E-state index < -0.39 is 10.0 Å². The van der Waals surface area contributed by atoms with Crippen molar-refractivity contribution in [3.63, 3.8) is 0 Å². The van der Waals surface area contributed by atoms with E-state index in [1.54, 1.807) is 42.8 Å². The minimum absolute atomic E-state index is 0.243. The average Bonchev–Trinajstić information content (AvgIpc) is 2.92. The standard InChI is InChI=1S/C12H11NO3S2/c1-16-11-6-4-10(5-7-11)9-13-18(14,15)12-3-2-8-17-12/h2-9H,1H3/b13-9+. The SMILES string of the molecule is COc1ccc(/C=N/S(=O)(=O)c2cccs2)cc1. The first-order valence-corrected chi connectivity index (χ1v) is 7.42. The van der Waals surface area contributed by atoms with Crippen molar-refractivity contribution in [3.8, 4) is 5.75 Å². The number of hydrogen-bond acceptors (Lipinski definition) is 4. The molecule has 0 amide bonds. The van der Waals surface area contributed by atoms with E-state index in [4.69, 9.17) is 4.74 Å². The lowest BCUT2D eigenvalue weighted by Crippen LogP contribution is -1.94. The van der Waals surface area contributed by atoms with Crippen molar-refractivity contribution in [1.82, 2.24) is 0 Å². The molecule has 0 bridgehead atoms. The van der Waals surface area contributed by atoms with Gasteiger partial charge in [0.2, 0.25) is 0 Å². The number of ether oxygens (including phenoxy) is 1. The molecule has 94 valence electrons. The van der Waals surface area contributed by atoms with Crippen LogP contribution in [-0.2, 0) is 10.0 Å². The molecule has 0 N–H and O–H groups in total. The second kappa shape index (κ2) is 5.32. The zero-order valence-corrected chi connectivity index (χ0v) is 11.2. The summed E-state index contributed by atoms with van der Waals surface area (Å²) in [6.07, 6.45) is 1.33. The Kier molecular flexibility index (Phi) is 3.78. The summed E-state index contributed by atoms with van der Waals surface area (Å²) < 4.78 is 32.5. The summed E-state index contributed by atoms with van der Waals surface area (Å²) in [5, 5.41) is 1.70. The highest BCUT2D eigenvalue weighted by Gasteiger charge is 2.11. The Balaban J connectivity index is 2.20. The predicted octanol–water partition coefficient (Wildman–Crippen LogP) is 2.56. The van der Waals surface area contributed by atoms with E-state index >= 15 is 0 Å². The highest BCUT2D eigenvalue weighted by atomic mass is 32.2. The van der Waals surface area contributed by atoms with Gasteiger partial charge in [0.05, 0.1) is 7.11 Å². The van der Waals surface area contributed by atoms with Gasteiger partial charge in [-0.1, -0.05) is 6.07 Å². The van der Waals surface area contributed by atoms with Crippen molar-refractivity contribution < 1.29 is 13.2 Å². The van der Waals surface area contributed by atoms with E-state index in [1.807, 2.05) is 0 Å². The van der Waals surface area contributed by atoms with Crippen LogP contribution in [0.4, 0.5) is 0 Å². The molecule has 0 unspecified atom stereocenters. The number of methoxy groups -OCH3 is 1. The van der Waals surface area contributed by atoms with Crippen molar-refractivity contribution in [2.75, 3.05) is 7.11 Å². The van der Waals surface area contributed by atoms with Gasteiger partial charge < -0.3 is 4.74 Å². The summed E-state index contributed by atoms with van der Waals surface area (Å²) in [5.74, 6) is 0.716. The van der Waals surface area contributed by atoms with Crippen LogP contribution in [0.2, 0.25) is 0 Å². The van der Waals surface area contributed by atoms with Crippen LogP contribution in [0, 0.1) is 0 Å². The van der Waals surface area contributed by atoms with Gasteiger partial charge in [0, 0.05) is 6.21 Å². The fourth-order valence-corrected chi connectivity index (χ4v) is 3.13. The summed E-state index contributed by atoms with van der Waals surface area (Å²) in [7, 11) is -2.00. The van der Waals surface area contributed by atoms with Crippen LogP contribution in [0.1, 0.15) is 5.56 Å². The number of rotatable bonds is 4. The highest BCUT2D eigenvalue weighted by molar-refractivity contribution is 7.92. The third kappa shape index (κ3) is 2.96. The number of nitrogens with zero attached hydrogens (tertiary/aromatic N) is 1. The van der Waals surface area contributed by atoms with E-state index in [0.29, 0.717) is 11.3 Å². The van der Waals surface area contributed by atoms with E-state index in [9.17, 15) is 8.42 Å². The Morgan fingerprint density at radius 1 is 1.22 bits per heavy atom. The molecule has 0 radical (unpaired) electrons. The van der Waals surface area contributed by atoms with Crippen LogP contribution in [-0.4, -0.2) is 21.7 Å². The quantitative estimate of drug-likeness (QED) is 0.809. The number of hydrogen-bond donors (Lipinski definition) is 0. The summed E-state index contributed by atoms with van der Waals surface area (Å²) in [4.78, 5) is 0. The lowest BCUT2D eigenvalue weighted by atomic mass is 10.2. The first kappa shape index (κ1) is 12.8. The largest absolute Gasteiger partial charge is 0.497 e. The molecule has 0 atom stereocenters. The van der Waals surface area contributed by atoms with Crippen LogP contribution < -0.4 is 4.74 Å². The molecule has 0 fully saturated rings. The molecular weight excluding hydrogens is 270 g/mol. The second-order valence-corrected chi connectivity index (χ2v) is 6.22. The Morgan fingerprint density at radius 2 is 1.94 bits per heavy atom. The van der Waals surface area contributed by atoms with Crippen molar-refractivity contribution in [2.45, 2.75) is 4.21 Å².